The van der Waals surface area contributed by atoms with E-state index in [4.69, 9.17) is 0 Å². The Morgan fingerprint density at radius 1 is 1.38 bits per heavy atom. The van der Waals surface area contributed by atoms with Gasteiger partial charge in [0.15, 0.2) is 0 Å². The molecule has 0 radical (unpaired) electrons. The Balaban J connectivity index is 1.50. The zero-order valence-corrected chi connectivity index (χ0v) is 14.5. The maximum atomic E-state index is 12.3. The monoisotopic (exact) mass is 330 g/mol. The lowest BCUT2D eigenvalue weighted by atomic mass is 10.3. The average Bonchev–Trinajstić information content (AvgIpc) is 3.14. The van der Waals surface area contributed by atoms with Crippen molar-refractivity contribution in [1.82, 2.24) is 29.5 Å². The van der Waals surface area contributed by atoms with Crippen LogP contribution in [-0.4, -0.2) is 50.3 Å². The van der Waals surface area contributed by atoms with Gasteiger partial charge >= 0.3 is 0 Å². The van der Waals surface area contributed by atoms with Gasteiger partial charge in [-0.3, -0.25) is 9.48 Å². The maximum absolute atomic E-state index is 12.3. The maximum Gasteiger partial charge on any atom is 0.271 e. The van der Waals surface area contributed by atoms with Gasteiger partial charge in [-0.15, -0.1) is 0 Å². The van der Waals surface area contributed by atoms with Crippen LogP contribution < -0.4 is 5.32 Å². The van der Waals surface area contributed by atoms with Crippen LogP contribution in [-0.2, 0) is 26.1 Å². The number of carbonyl (C=O) groups is 1. The van der Waals surface area contributed by atoms with Crippen LogP contribution >= 0.6 is 0 Å². The second-order valence-electron chi connectivity index (χ2n) is 6.34. The van der Waals surface area contributed by atoms with Crippen molar-refractivity contribution >= 4 is 5.91 Å². The smallest absolute Gasteiger partial charge is 0.271 e. The number of rotatable bonds is 6. The lowest BCUT2D eigenvalue weighted by Gasteiger charge is -2.10. The summed E-state index contributed by atoms with van der Waals surface area (Å²) in [6.07, 6.45) is 6.69. The quantitative estimate of drug-likeness (QED) is 0.811. The number of amides is 1. The van der Waals surface area contributed by atoms with Gasteiger partial charge in [-0.25, -0.2) is 4.98 Å². The molecule has 0 atom stereocenters. The van der Waals surface area contributed by atoms with Gasteiger partial charge in [0.1, 0.15) is 11.5 Å². The molecule has 1 aliphatic rings. The topological polar surface area (TPSA) is 68.0 Å². The Morgan fingerprint density at radius 2 is 2.25 bits per heavy atom. The van der Waals surface area contributed by atoms with Crippen LogP contribution in [0.3, 0.4) is 0 Å². The Kier molecular flexibility index (Phi) is 5.30. The van der Waals surface area contributed by atoms with E-state index in [1.165, 1.54) is 0 Å². The molecule has 0 fully saturated rings. The number of nitrogens with zero attached hydrogens (tertiary/aromatic N) is 5. The molecule has 3 heterocycles. The first kappa shape index (κ1) is 16.7. The molecule has 0 aromatic carbocycles. The van der Waals surface area contributed by atoms with E-state index < -0.39 is 0 Å². The summed E-state index contributed by atoms with van der Waals surface area (Å²) in [7, 11) is 2.10. The Bertz CT molecular complexity index is 689. The zero-order chi connectivity index (χ0) is 16.9. The minimum Gasteiger partial charge on any atom is -0.351 e. The fourth-order valence-electron chi connectivity index (χ4n) is 3.13. The fraction of sp³-hybridized carbons (Fsp3) is 0.588. The third-order valence-corrected chi connectivity index (χ3v) is 4.42. The lowest BCUT2D eigenvalue weighted by Crippen LogP contribution is -2.26. The van der Waals surface area contributed by atoms with Crippen LogP contribution in [0.1, 0.15) is 41.8 Å². The molecule has 3 rings (SSSR count). The van der Waals surface area contributed by atoms with Gasteiger partial charge in [-0.1, -0.05) is 6.92 Å². The normalized spacial score (nSPS) is 15.1. The minimum atomic E-state index is -0.0837. The predicted molar refractivity (Wildman–Crippen MR) is 91.7 cm³/mol. The van der Waals surface area contributed by atoms with Crippen LogP contribution in [0, 0.1) is 0 Å². The summed E-state index contributed by atoms with van der Waals surface area (Å²) in [5, 5.41) is 7.44. The molecular formula is C17H26N6O. The summed E-state index contributed by atoms with van der Waals surface area (Å²) in [5.41, 5.74) is 1.64. The molecule has 0 spiro atoms. The second kappa shape index (κ2) is 7.61. The van der Waals surface area contributed by atoms with Crippen molar-refractivity contribution in [2.24, 2.45) is 0 Å². The van der Waals surface area contributed by atoms with Crippen molar-refractivity contribution in [2.45, 2.75) is 45.8 Å². The molecule has 0 aliphatic carbocycles. The van der Waals surface area contributed by atoms with Crippen molar-refractivity contribution in [3.8, 4) is 0 Å². The number of aromatic nitrogens is 4. The molecule has 0 saturated heterocycles. The van der Waals surface area contributed by atoms with Gasteiger partial charge in [0.05, 0.1) is 5.69 Å². The Labute approximate surface area is 142 Å². The molecule has 7 heteroatoms. The van der Waals surface area contributed by atoms with Gasteiger partial charge < -0.3 is 14.8 Å². The highest BCUT2D eigenvalue weighted by molar-refractivity contribution is 5.92. The van der Waals surface area contributed by atoms with Crippen molar-refractivity contribution in [2.75, 3.05) is 20.1 Å². The largest absolute Gasteiger partial charge is 0.351 e. The molecule has 24 heavy (non-hydrogen) atoms. The highest BCUT2D eigenvalue weighted by atomic mass is 16.1. The van der Waals surface area contributed by atoms with Gasteiger partial charge in [0, 0.05) is 51.5 Å². The van der Waals surface area contributed by atoms with Crippen LogP contribution in [0.2, 0.25) is 0 Å². The molecule has 1 amide bonds. The SMILES string of the molecule is CCc1nccn1CCCNC(=O)c1cc2n(n1)CCCN(C)C2. The summed E-state index contributed by atoms with van der Waals surface area (Å²) in [6, 6.07) is 1.92. The van der Waals surface area contributed by atoms with Crippen LogP contribution in [0.15, 0.2) is 18.5 Å². The summed E-state index contributed by atoms with van der Waals surface area (Å²) in [4.78, 5) is 18.9. The number of hydrogen-bond donors (Lipinski definition) is 1. The van der Waals surface area contributed by atoms with E-state index in [0.29, 0.717) is 12.2 Å². The zero-order valence-electron chi connectivity index (χ0n) is 14.5. The lowest BCUT2D eigenvalue weighted by molar-refractivity contribution is 0.0947. The first-order valence-corrected chi connectivity index (χ1v) is 8.71. The van der Waals surface area contributed by atoms with Gasteiger partial charge in [0.2, 0.25) is 0 Å². The van der Waals surface area contributed by atoms with E-state index in [1.807, 2.05) is 23.1 Å². The molecule has 130 valence electrons. The molecule has 0 unspecified atom stereocenters. The second-order valence-corrected chi connectivity index (χ2v) is 6.34. The Morgan fingerprint density at radius 3 is 3.08 bits per heavy atom. The molecular weight excluding hydrogens is 304 g/mol. The number of carbonyl (C=O) groups excluding carboxylic acids is 1. The van der Waals surface area contributed by atoms with Crippen molar-refractivity contribution in [3.05, 3.63) is 35.7 Å². The Hall–Kier alpha value is -2.15. The van der Waals surface area contributed by atoms with Crippen molar-refractivity contribution in [3.63, 3.8) is 0 Å². The van der Waals surface area contributed by atoms with Crippen molar-refractivity contribution in [1.29, 1.82) is 0 Å². The van der Waals surface area contributed by atoms with E-state index in [1.54, 1.807) is 0 Å². The molecule has 2 aromatic heterocycles. The van der Waals surface area contributed by atoms with Gasteiger partial charge in [-0.2, -0.15) is 5.10 Å². The standard InChI is InChI=1S/C17H26N6O/c1-3-16-18-7-11-22(16)9-4-6-19-17(24)15-12-14-13-21(2)8-5-10-23(14)20-15/h7,11-12H,3-6,8-10,13H2,1-2H3,(H,19,24). The minimum absolute atomic E-state index is 0.0837. The van der Waals surface area contributed by atoms with E-state index in [-0.39, 0.29) is 5.91 Å². The third kappa shape index (κ3) is 3.84. The summed E-state index contributed by atoms with van der Waals surface area (Å²) < 4.78 is 4.11. The number of nitrogens with one attached hydrogen (secondary N) is 1. The van der Waals surface area contributed by atoms with Crippen LogP contribution in [0.5, 0.6) is 0 Å². The third-order valence-electron chi connectivity index (χ3n) is 4.42. The van der Waals surface area contributed by atoms with Crippen molar-refractivity contribution < 1.29 is 4.79 Å². The highest BCUT2D eigenvalue weighted by Crippen LogP contribution is 2.12. The van der Waals surface area contributed by atoms with E-state index in [9.17, 15) is 4.79 Å². The molecule has 2 aromatic rings. The number of imidazole rings is 1. The van der Waals surface area contributed by atoms with E-state index in [0.717, 1.165) is 57.0 Å². The molecule has 1 N–H and O–H groups in total. The first-order chi connectivity index (χ1) is 11.7. The van der Waals surface area contributed by atoms with E-state index in [2.05, 4.69) is 38.8 Å². The highest BCUT2D eigenvalue weighted by Gasteiger charge is 2.17. The average molecular weight is 330 g/mol. The number of hydrogen-bond acceptors (Lipinski definition) is 4. The number of fused-ring (bicyclic) bond motifs is 1. The predicted octanol–water partition coefficient (Wildman–Crippen LogP) is 1.30. The molecule has 7 nitrogen and oxygen atoms in total. The molecule has 0 bridgehead atoms. The first-order valence-electron chi connectivity index (χ1n) is 8.71. The van der Waals surface area contributed by atoms with Crippen LogP contribution in [0.4, 0.5) is 0 Å². The summed E-state index contributed by atoms with van der Waals surface area (Å²) >= 11 is 0. The summed E-state index contributed by atoms with van der Waals surface area (Å²) in [6.45, 7) is 6.41. The summed E-state index contributed by atoms with van der Waals surface area (Å²) in [5.74, 6) is 1.00. The van der Waals surface area contributed by atoms with Crippen LogP contribution in [0.25, 0.3) is 0 Å². The number of aryl methyl sites for hydroxylation is 3. The molecule has 1 aliphatic heterocycles. The molecule has 0 saturated carbocycles. The van der Waals surface area contributed by atoms with Gasteiger partial charge in [0.25, 0.3) is 5.91 Å². The van der Waals surface area contributed by atoms with Gasteiger partial charge in [-0.05, 0) is 26.0 Å². The fourth-order valence-corrected chi connectivity index (χ4v) is 3.13. The van der Waals surface area contributed by atoms with E-state index >= 15 is 0 Å².